The Morgan fingerprint density at radius 1 is 1.00 bits per heavy atom. The predicted molar refractivity (Wildman–Crippen MR) is 129 cm³/mol. The summed E-state index contributed by atoms with van der Waals surface area (Å²) in [5.41, 5.74) is 0.301. The van der Waals surface area contributed by atoms with Crippen molar-refractivity contribution in [1.29, 1.82) is 0 Å². The van der Waals surface area contributed by atoms with E-state index in [1.54, 1.807) is 19.1 Å². The highest BCUT2D eigenvalue weighted by Crippen LogP contribution is 2.47. The van der Waals surface area contributed by atoms with Gasteiger partial charge >= 0.3 is 0 Å². The van der Waals surface area contributed by atoms with Crippen LogP contribution >= 0.6 is 0 Å². The van der Waals surface area contributed by atoms with Gasteiger partial charge in [0.1, 0.15) is 23.9 Å². The number of methoxy groups -OCH3 is 1. The molecule has 1 heterocycles. The van der Waals surface area contributed by atoms with Crippen LogP contribution in [0.1, 0.15) is 69.2 Å². The third kappa shape index (κ3) is 4.73. The first-order valence-electron chi connectivity index (χ1n) is 12.1. The van der Waals surface area contributed by atoms with Crippen molar-refractivity contribution in [2.45, 2.75) is 57.5 Å². The first-order valence-corrected chi connectivity index (χ1v) is 12.1. The normalized spacial score (nSPS) is 24.2. The molecule has 0 bridgehead atoms. The summed E-state index contributed by atoms with van der Waals surface area (Å²) >= 11 is 0. The Kier molecular flexibility index (Phi) is 7.65. The molecule has 5 N–H and O–H groups in total. The predicted octanol–water partition coefficient (Wildman–Crippen LogP) is 1.41. The number of phenols is 2. The summed E-state index contributed by atoms with van der Waals surface area (Å²) in [7, 11) is 1.38. The van der Waals surface area contributed by atoms with Crippen molar-refractivity contribution >= 4 is 17.3 Å². The Bertz CT molecular complexity index is 1250. The molecule has 4 atom stereocenters. The van der Waals surface area contributed by atoms with Crippen LogP contribution in [0, 0.1) is 5.92 Å². The largest absolute Gasteiger partial charge is 0.507 e. The average molecular weight is 515 g/mol. The van der Waals surface area contributed by atoms with Gasteiger partial charge in [0.05, 0.1) is 36.0 Å². The van der Waals surface area contributed by atoms with Gasteiger partial charge in [-0.05, 0) is 38.7 Å². The Morgan fingerprint density at radius 2 is 1.68 bits per heavy atom. The van der Waals surface area contributed by atoms with E-state index in [2.05, 4.69) is 0 Å². The van der Waals surface area contributed by atoms with Gasteiger partial charge in [-0.25, -0.2) is 0 Å². The van der Waals surface area contributed by atoms with Gasteiger partial charge < -0.3 is 35.0 Å². The monoisotopic (exact) mass is 514 g/mol. The average Bonchev–Trinajstić information content (AvgIpc) is 2.90. The number of aromatic hydroxyl groups is 2. The van der Waals surface area contributed by atoms with Crippen LogP contribution < -0.4 is 4.74 Å². The maximum atomic E-state index is 13.1. The Hall–Kier alpha value is -3.31. The Balaban J connectivity index is 0.000000301. The number of carbonyl (C=O) groups is 3. The van der Waals surface area contributed by atoms with Gasteiger partial charge in [-0.1, -0.05) is 12.1 Å². The zero-order valence-corrected chi connectivity index (χ0v) is 20.6. The highest BCUT2D eigenvalue weighted by atomic mass is 16.6. The minimum atomic E-state index is -0.664. The second kappa shape index (κ2) is 10.6. The lowest BCUT2D eigenvalue weighted by molar-refractivity contribution is -0.192. The Labute approximate surface area is 213 Å². The van der Waals surface area contributed by atoms with Gasteiger partial charge in [0.15, 0.2) is 17.9 Å². The molecule has 0 saturated carbocycles. The molecule has 1 aliphatic heterocycles. The molecule has 0 spiro atoms. The summed E-state index contributed by atoms with van der Waals surface area (Å²) in [5, 5.41) is 48.7. The molecule has 37 heavy (non-hydrogen) atoms. The number of fused-ring (bicyclic) bond motifs is 3. The quantitative estimate of drug-likeness (QED) is 0.322. The number of rotatable bonds is 3. The molecule has 3 aliphatic rings. The van der Waals surface area contributed by atoms with E-state index in [-0.39, 0.29) is 69.8 Å². The number of hydrogen-bond donors (Lipinski definition) is 5. The Morgan fingerprint density at radius 3 is 2.30 bits per heavy atom. The van der Waals surface area contributed by atoms with E-state index < -0.39 is 36.5 Å². The fourth-order valence-corrected chi connectivity index (χ4v) is 5.17. The number of hydrogen-bond acceptors (Lipinski definition) is 10. The van der Waals surface area contributed by atoms with E-state index in [1.807, 2.05) is 0 Å². The van der Waals surface area contributed by atoms with Gasteiger partial charge in [-0.3, -0.25) is 14.4 Å². The molecule has 10 nitrogen and oxygen atoms in total. The van der Waals surface area contributed by atoms with E-state index in [0.29, 0.717) is 24.8 Å². The molecule has 198 valence electrons. The number of Topliss-reactive ketones (excluding diaryl/α,β-unsaturated/α-hetero) is 1. The van der Waals surface area contributed by atoms with Crippen LogP contribution in [-0.4, -0.2) is 75.1 Å². The maximum absolute atomic E-state index is 13.1. The minimum absolute atomic E-state index is 0.0568. The summed E-state index contributed by atoms with van der Waals surface area (Å²) < 4.78 is 10.1. The summed E-state index contributed by atoms with van der Waals surface area (Å²) in [4.78, 5) is 38.1. The first kappa shape index (κ1) is 26.7. The van der Waals surface area contributed by atoms with Gasteiger partial charge in [-0.2, -0.15) is 0 Å². The highest BCUT2D eigenvalue weighted by molar-refractivity contribution is 6.31. The van der Waals surface area contributed by atoms with Crippen LogP contribution in [0.4, 0.5) is 0 Å². The smallest absolute Gasteiger partial charge is 0.202 e. The van der Waals surface area contributed by atoms with Crippen molar-refractivity contribution in [2.24, 2.45) is 5.92 Å². The molecular formula is C27H30O10. The van der Waals surface area contributed by atoms with Crippen LogP contribution in [-0.2, 0) is 22.4 Å². The molecule has 2 aromatic rings. The summed E-state index contributed by atoms with van der Waals surface area (Å²) in [5.74, 6) is -2.56. The van der Waals surface area contributed by atoms with Crippen LogP contribution in [0.2, 0.25) is 0 Å². The lowest BCUT2D eigenvalue weighted by atomic mass is 9.75. The summed E-state index contributed by atoms with van der Waals surface area (Å²) in [6.07, 6.45) is 0.631. The zero-order valence-electron chi connectivity index (χ0n) is 20.6. The van der Waals surface area contributed by atoms with Gasteiger partial charge in [0.25, 0.3) is 0 Å². The number of carbonyl (C=O) groups excluding carboxylic acids is 3. The molecule has 0 aromatic heterocycles. The molecule has 2 unspecified atom stereocenters. The van der Waals surface area contributed by atoms with Crippen molar-refractivity contribution in [1.82, 2.24) is 0 Å². The second-order valence-electron chi connectivity index (χ2n) is 9.45. The fourth-order valence-electron chi connectivity index (χ4n) is 5.17. The maximum Gasteiger partial charge on any atom is 0.202 e. The van der Waals surface area contributed by atoms with Crippen LogP contribution in [0.3, 0.4) is 0 Å². The lowest BCUT2D eigenvalue weighted by Gasteiger charge is -2.29. The number of ether oxygens (including phenoxy) is 2. The third-order valence-corrected chi connectivity index (χ3v) is 7.26. The fraction of sp³-hybridized carbons (Fsp3) is 0.444. The number of aliphatic hydroxyl groups is 3. The van der Waals surface area contributed by atoms with Gasteiger partial charge in [-0.15, -0.1) is 0 Å². The molecule has 1 saturated heterocycles. The van der Waals surface area contributed by atoms with E-state index in [4.69, 9.17) is 24.8 Å². The van der Waals surface area contributed by atoms with Crippen molar-refractivity contribution in [2.75, 3.05) is 13.7 Å². The second-order valence-corrected chi connectivity index (χ2v) is 9.45. The first-order chi connectivity index (χ1) is 17.6. The molecule has 2 aromatic carbocycles. The highest BCUT2D eigenvalue weighted by Gasteiger charge is 2.41. The van der Waals surface area contributed by atoms with E-state index in [9.17, 15) is 24.6 Å². The molecule has 5 rings (SSSR count). The molecule has 0 amide bonds. The van der Waals surface area contributed by atoms with Crippen molar-refractivity contribution in [3.05, 3.63) is 51.6 Å². The number of benzene rings is 2. The van der Waals surface area contributed by atoms with Crippen molar-refractivity contribution in [3.63, 3.8) is 0 Å². The number of phenolic OH excluding ortho intramolecular Hbond substituents is 2. The molecule has 2 aliphatic carbocycles. The molecule has 1 fully saturated rings. The summed E-state index contributed by atoms with van der Waals surface area (Å²) in [6, 6.07) is 4.59. The van der Waals surface area contributed by atoms with Gasteiger partial charge in [0.2, 0.25) is 5.78 Å². The number of aliphatic hydroxyl groups excluding tert-OH is 3. The SMILES string of the molecule is COc1cccc2c1C(=O)c1c(O)c3c(c(O)c1C2=O)C[C@@H](C(=O)CO)CC3.C[C@@H]1OC(O)CCC1O. The number of ketones is 3. The van der Waals surface area contributed by atoms with Crippen molar-refractivity contribution in [3.8, 4) is 17.2 Å². The lowest BCUT2D eigenvalue weighted by Crippen LogP contribution is -2.36. The van der Waals surface area contributed by atoms with E-state index >= 15 is 0 Å². The zero-order chi connectivity index (χ0) is 27.0. The van der Waals surface area contributed by atoms with Gasteiger partial charge in [0, 0.05) is 29.0 Å². The van der Waals surface area contributed by atoms with E-state index in [1.165, 1.54) is 13.2 Å². The van der Waals surface area contributed by atoms with Crippen LogP contribution in [0.5, 0.6) is 17.2 Å². The molecular weight excluding hydrogens is 484 g/mol. The molecule has 10 heteroatoms. The van der Waals surface area contributed by atoms with Crippen LogP contribution in [0.25, 0.3) is 0 Å². The van der Waals surface area contributed by atoms with E-state index in [0.717, 1.165) is 0 Å². The topological polar surface area (TPSA) is 171 Å². The third-order valence-electron chi connectivity index (χ3n) is 7.26. The summed E-state index contributed by atoms with van der Waals surface area (Å²) in [6.45, 7) is 1.15. The van der Waals surface area contributed by atoms with Crippen LogP contribution in [0.15, 0.2) is 18.2 Å². The molecule has 0 radical (unpaired) electrons. The minimum Gasteiger partial charge on any atom is -0.507 e. The van der Waals surface area contributed by atoms with Crippen molar-refractivity contribution < 1.29 is 49.4 Å². The standard InChI is InChI=1S/C21H18O7.C6H12O3/c1-28-14-4-2-3-11-15(14)21(27)17-16(19(11)25)20(26)12-7-9(13(23)8-22)5-6-10(12)18(17)24;1-4-5(7)2-3-6(8)9-4/h2-4,9,22,24,26H,5-8H2,1H3;4-8H,2-3H2,1H3/t9-;4-,5?,6?/m00/s1.